The van der Waals surface area contributed by atoms with Gasteiger partial charge in [-0.2, -0.15) is 0 Å². The molecule has 3 heteroatoms. The summed E-state index contributed by atoms with van der Waals surface area (Å²) in [5, 5.41) is 3.36. The van der Waals surface area contributed by atoms with Gasteiger partial charge in [0, 0.05) is 24.3 Å². The summed E-state index contributed by atoms with van der Waals surface area (Å²) < 4.78 is 13.4. The summed E-state index contributed by atoms with van der Waals surface area (Å²) >= 11 is 0. The zero-order chi connectivity index (χ0) is 12.5. The Kier molecular flexibility index (Phi) is 3.25. The number of halogens is 1. The third-order valence-electron chi connectivity index (χ3n) is 4.52. The van der Waals surface area contributed by atoms with Crippen LogP contribution in [0.3, 0.4) is 0 Å². The number of fused-ring (bicyclic) bond motifs is 1. The second-order valence-corrected chi connectivity index (χ2v) is 5.51. The smallest absolute Gasteiger partial charge is 0.125 e. The van der Waals surface area contributed by atoms with Crippen LogP contribution in [0.1, 0.15) is 31.2 Å². The van der Waals surface area contributed by atoms with E-state index in [9.17, 15) is 4.39 Å². The van der Waals surface area contributed by atoms with E-state index in [1.165, 1.54) is 31.2 Å². The first-order valence-corrected chi connectivity index (χ1v) is 7.00. The van der Waals surface area contributed by atoms with E-state index in [0.29, 0.717) is 12.1 Å². The lowest BCUT2D eigenvalue weighted by Gasteiger charge is -2.36. The fourth-order valence-corrected chi connectivity index (χ4v) is 3.43. The van der Waals surface area contributed by atoms with Crippen LogP contribution in [0, 0.1) is 5.82 Å². The number of rotatable bonds is 2. The molecule has 0 atom stereocenters. The maximum Gasteiger partial charge on any atom is 0.125 e. The van der Waals surface area contributed by atoms with Gasteiger partial charge >= 0.3 is 0 Å². The van der Waals surface area contributed by atoms with E-state index in [2.05, 4.69) is 10.2 Å². The third kappa shape index (κ3) is 2.12. The first-order chi connectivity index (χ1) is 8.78. The maximum absolute atomic E-state index is 13.4. The summed E-state index contributed by atoms with van der Waals surface area (Å²) in [6.45, 7) is 1.06. The molecule has 2 aliphatic rings. The summed E-state index contributed by atoms with van der Waals surface area (Å²) in [6, 6.07) is 6.53. The van der Waals surface area contributed by atoms with Gasteiger partial charge in [0.25, 0.3) is 0 Å². The monoisotopic (exact) mass is 248 g/mol. The van der Waals surface area contributed by atoms with Gasteiger partial charge in [0.1, 0.15) is 5.82 Å². The van der Waals surface area contributed by atoms with E-state index >= 15 is 0 Å². The molecule has 0 amide bonds. The molecule has 0 aromatic heterocycles. The van der Waals surface area contributed by atoms with Crippen LogP contribution in [0.2, 0.25) is 0 Å². The minimum atomic E-state index is -0.107. The molecule has 98 valence electrons. The van der Waals surface area contributed by atoms with Gasteiger partial charge in [-0.15, -0.1) is 0 Å². The molecule has 1 aliphatic heterocycles. The largest absolute Gasteiger partial charge is 0.368 e. The predicted molar refractivity (Wildman–Crippen MR) is 72.6 cm³/mol. The SMILES string of the molecule is CNC1CCC(N2CCc3ccc(F)cc32)CC1. The van der Waals surface area contributed by atoms with Crippen molar-refractivity contribution >= 4 is 5.69 Å². The second-order valence-electron chi connectivity index (χ2n) is 5.51. The lowest BCUT2D eigenvalue weighted by Crippen LogP contribution is -2.41. The molecule has 0 unspecified atom stereocenters. The second kappa shape index (κ2) is 4.88. The molecule has 1 saturated carbocycles. The van der Waals surface area contributed by atoms with Gasteiger partial charge in [0.2, 0.25) is 0 Å². The fraction of sp³-hybridized carbons (Fsp3) is 0.600. The highest BCUT2D eigenvalue weighted by atomic mass is 19.1. The van der Waals surface area contributed by atoms with Crippen molar-refractivity contribution < 1.29 is 4.39 Å². The van der Waals surface area contributed by atoms with Crippen LogP contribution >= 0.6 is 0 Å². The van der Waals surface area contributed by atoms with Gasteiger partial charge in [-0.1, -0.05) is 6.07 Å². The van der Waals surface area contributed by atoms with Crippen LogP contribution in [0.5, 0.6) is 0 Å². The van der Waals surface area contributed by atoms with Crippen molar-refractivity contribution in [2.45, 2.75) is 44.2 Å². The van der Waals surface area contributed by atoms with Crippen molar-refractivity contribution in [3.05, 3.63) is 29.6 Å². The Morgan fingerprint density at radius 1 is 1.22 bits per heavy atom. The van der Waals surface area contributed by atoms with Crippen LogP contribution in [0.25, 0.3) is 0 Å². The minimum Gasteiger partial charge on any atom is -0.368 e. The number of hydrogen-bond acceptors (Lipinski definition) is 2. The van der Waals surface area contributed by atoms with Crippen molar-refractivity contribution in [1.82, 2.24) is 5.32 Å². The molecule has 3 rings (SSSR count). The predicted octanol–water partition coefficient (Wildman–Crippen LogP) is 2.72. The summed E-state index contributed by atoms with van der Waals surface area (Å²) in [7, 11) is 2.05. The number of benzene rings is 1. The van der Waals surface area contributed by atoms with Gasteiger partial charge in [-0.3, -0.25) is 0 Å². The van der Waals surface area contributed by atoms with Crippen molar-refractivity contribution in [3.8, 4) is 0 Å². The van der Waals surface area contributed by atoms with Crippen LogP contribution in [-0.4, -0.2) is 25.7 Å². The molecule has 0 spiro atoms. The van der Waals surface area contributed by atoms with E-state index in [0.717, 1.165) is 18.7 Å². The van der Waals surface area contributed by atoms with E-state index in [1.807, 2.05) is 13.1 Å². The van der Waals surface area contributed by atoms with Crippen LogP contribution in [0.15, 0.2) is 18.2 Å². The van der Waals surface area contributed by atoms with Crippen molar-refractivity contribution in [2.24, 2.45) is 0 Å². The molecule has 0 bridgehead atoms. The number of anilines is 1. The van der Waals surface area contributed by atoms with E-state index in [-0.39, 0.29) is 5.82 Å². The molecule has 1 aromatic rings. The summed E-state index contributed by atoms with van der Waals surface area (Å²) in [4.78, 5) is 2.43. The lowest BCUT2D eigenvalue weighted by molar-refractivity contribution is 0.347. The molecule has 0 radical (unpaired) electrons. The minimum absolute atomic E-state index is 0.107. The number of nitrogens with one attached hydrogen (secondary N) is 1. The molecular formula is C15H21FN2. The molecule has 1 aromatic carbocycles. The molecule has 18 heavy (non-hydrogen) atoms. The molecule has 2 nitrogen and oxygen atoms in total. The van der Waals surface area contributed by atoms with E-state index < -0.39 is 0 Å². The molecule has 1 fully saturated rings. The molecule has 1 aliphatic carbocycles. The Hall–Kier alpha value is -1.09. The van der Waals surface area contributed by atoms with Crippen LogP contribution < -0.4 is 10.2 Å². The third-order valence-corrected chi connectivity index (χ3v) is 4.52. The fourth-order valence-electron chi connectivity index (χ4n) is 3.43. The zero-order valence-electron chi connectivity index (χ0n) is 11.0. The summed E-state index contributed by atoms with van der Waals surface area (Å²) in [6.07, 6.45) is 6.00. The first-order valence-electron chi connectivity index (χ1n) is 7.00. The molecule has 0 saturated heterocycles. The highest BCUT2D eigenvalue weighted by Gasteiger charge is 2.29. The molecular weight excluding hydrogens is 227 g/mol. The highest BCUT2D eigenvalue weighted by molar-refractivity contribution is 5.59. The van der Waals surface area contributed by atoms with E-state index in [4.69, 9.17) is 0 Å². The average Bonchev–Trinajstić information content (AvgIpc) is 2.82. The quantitative estimate of drug-likeness (QED) is 0.865. The number of hydrogen-bond donors (Lipinski definition) is 1. The Bertz CT molecular complexity index is 425. The van der Waals surface area contributed by atoms with Gasteiger partial charge in [0.15, 0.2) is 0 Å². The Morgan fingerprint density at radius 2 is 2.00 bits per heavy atom. The first kappa shape index (κ1) is 12.0. The topological polar surface area (TPSA) is 15.3 Å². The summed E-state index contributed by atoms with van der Waals surface area (Å²) in [5.41, 5.74) is 2.45. The van der Waals surface area contributed by atoms with E-state index in [1.54, 1.807) is 12.1 Å². The van der Waals surface area contributed by atoms with Gasteiger partial charge in [-0.05, 0) is 56.8 Å². The molecule has 1 heterocycles. The maximum atomic E-state index is 13.4. The normalized spacial score (nSPS) is 27.3. The summed E-state index contributed by atoms with van der Waals surface area (Å²) in [5.74, 6) is -0.107. The van der Waals surface area contributed by atoms with Gasteiger partial charge < -0.3 is 10.2 Å². The van der Waals surface area contributed by atoms with Crippen LogP contribution in [0.4, 0.5) is 10.1 Å². The Balaban J connectivity index is 1.74. The standard InChI is InChI=1S/C15H21FN2/c1-17-13-4-6-14(7-5-13)18-9-8-11-2-3-12(16)10-15(11)18/h2-3,10,13-14,17H,4-9H2,1H3. The molecule has 1 N–H and O–H groups in total. The van der Waals surface area contributed by atoms with Crippen molar-refractivity contribution in [1.29, 1.82) is 0 Å². The zero-order valence-corrected chi connectivity index (χ0v) is 11.0. The Labute approximate surface area is 108 Å². The van der Waals surface area contributed by atoms with Crippen molar-refractivity contribution in [2.75, 3.05) is 18.5 Å². The van der Waals surface area contributed by atoms with Crippen LogP contribution in [-0.2, 0) is 6.42 Å². The number of nitrogens with zero attached hydrogens (tertiary/aromatic N) is 1. The average molecular weight is 248 g/mol. The Morgan fingerprint density at radius 3 is 2.72 bits per heavy atom. The van der Waals surface area contributed by atoms with Gasteiger partial charge in [0.05, 0.1) is 0 Å². The lowest BCUT2D eigenvalue weighted by atomic mass is 9.90. The van der Waals surface area contributed by atoms with Gasteiger partial charge in [-0.25, -0.2) is 4.39 Å². The van der Waals surface area contributed by atoms with Crippen molar-refractivity contribution in [3.63, 3.8) is 0 Å². The highest BCUT2D eigenvalue weighted by Crippen LogP contribution is 2.34.